The molecule has 0 bridgehead atoms. The predicted molar refractivity (Wildman–Crippen MR) is 98.5 cm³/mol. The van der Waals surface area contributed by atoms with Crippen molar-refractivity contribution in [1.29, 1.82) is 0 Å². The van der Waals surface area contributed by atoms with Crippen molar-refractivity contribution in [2.45, 2.75) is 6.92 Å². The van der Waals surface area contributed by atoms with Gasteiger partial charge in [-0.2, -0.15) is 10.1 Å². The van der Waals surface area contributed by atoms with E-state index in [2.05, 4.69) is 29.9 Å². The molecule has 0 atom stereocenters. The first-order chi connectivity index (χ1) is 12.1. The topological polar surface area (TPSA) is 65.7 Å². The van der Waals surface area contributed by atoms with E-state index in [1.807, 2.05) is 48.8 Å². The van der Waals surface area contributed by atoms with Crippen molar-refractivity contribution in [3.8, 4) is 0 Å². The van der Waals surface area contributed by atoms with Crippen LogP contribution in [-0.4, -0.2) is 64.8 Å². The number of hydrogen-bond donors (Lipinski definition) is 0. The second kappa shape index (κ2) is 6.19. The summed E-state index contributed by atoms with van der Waals surface area (Å²) in [6.07, 6.45) is 5.48. The largest absolute Gasteiger partial charge is 0.363 e. The van der Waals surface area contributed by atoms with E-state index in [9.17, 15) is 0 Å². The standard InChI is InChI=1S/C17H22N8/c1-13-12-15(22(2)3)21-17(20-13)24-10-8-23(9-11-24)16-14-4-5-19-25(14)7-6-18-16/h4-7,12H,8-11H2,1-3H3. The number of anilines is 3. The minimum Gasteiger partial charge on any atom is -0.363 e. The summed E-state index contributed by atoms with van der Waals surface area (Å²) < 4.78 is 1.86. The highest BCUT2D eigenvalue weighted by atomic mass is 15.4. The maximum atomic E-state index is 4.69. The van der Waals surface area contributed by atoms with Crippen LogP contribution in [-0.2, 0) is 0 Å². The van der Waals surface area contributed by atoms with Crippen LogP contribution in [0.25, 0.3) is 5.52 Å². The summed E-state index contributed by atoms with van der Waals surface area (Å²) in [5, 5.41) is 4.29. The van der Waals surface area contributed by atoms with Crippen LogP contribution in [0.2, 0.25) is 0 Å². The molecule has 1 aliphatic heterocycles. The summed E-state index contributed by atoms with van der Waals surface area (Å²) in [6.45, 7) is 5.51. The normalized spacial score (nSPS) is 15.0. The Morgan fingerprint density at radius 3 is 2.52 bits per heavy atom. The fraction of sp³-hybridized carbons (Fsp3) is 0.412. The highest BCUT2D eigenvalue weighted by Gasteiger charge is 2.22. The number of nitrogens with zero attached hydrogens (tertiary/aromatic N) is 8. The van der Waals surface area contributed by atoms with Crippen LogP contribution in [0, 0.1) is 6.92 Å². The average molecular weight is 338 g/mol. The van der Waals surface area contributed by atoms with E-state index in [-0.39, 0.29) is 0 Å². The number of rotatable bonds is 3. The number of hydrogen-bond acceptors (Lipinski definition) is 7. The van der Waals surface area contributed by atoms with E-state index < -0.39 is 0 Å². The smallest absolute Gasteiger partial charge is 0.227 e. The maximum absolute atomic E-state index is 4.69. The van der Waals surface area contributed by atoms with Crippen molar-refractivity contribution >= 4 is 23.1 Å². The molecule has 3 aromatic heterocycles. The molecule has 25 heavy (non-hydrogen) atoms. The quantitative estimate of drug-likeness (QED) is 0.711. The fourth-order valence-corrected chi connectivity index (χ4v) is 3.11. The third kappa shape index (κ3) is 2.95. The van der Waals surface area contributed by atoms with Gasteiger partial charge in [0.1, 0.15) is 11.3 Å². The molecule has 1 saturated heterocycles. The lowest BCUT2D eigenvalue weighted by Crippen LogP contribution is -2.47. The van der Waals surface area contributed by atoms with Crippen LogP contribution in [0.5, 0.6) is 0 Å². The average Bonchev–Trinajstić information content (AvgIpc) is 3.10. The van der Waals surface area contributed by atoms with Crippen molar-refractivity contribution in [3.05, 3.63) is 36.4 Å². The van der Waals surface area contributed by atoms with Gasteiger partial charge in [0.2, 0.25) is 5.95 Å². The van der Waals surface area contributed by atoms with Crippen LogP contribution in [0.1, 0.15) is 5.69 Å². The lowest BCUT2D eigenvalue weighted by atomic mass is 10.3. The molecular formula is C17H22N8. The summed E-state index contributed by atoms with van der Waals surface area (Å²) in [4.78, 5) is 20.4. The van der Waals surface area contributed by atoms with Crippen molar-refractivity contribution in [2.24, 2.45) is 0 Å². The van der Waals surface area contributed by atoms with E-state index in [1.54, 1.807) is 12.4 Å². The van der Waals surface area contributed by atoms with Crippen molar-refractivity contribution in [2.75, 3.05) is 55.0 Å². The molecule has 4 rings (SSSR count). The Bertz CT molecular complexity index is 879. The molecule has 8 nitrogen and oxygen atoms in total. The van der Waals surface area contributed by atoms with Gasteiger partial charge >= 0.3 is 0 Å². The van der Waals surface area contributed by atoms with Gasteiger partial charge in [0, 0.05) is 64.4 Å². The lowest BCUT2D eigenvalue weighted by molar-refractivity contribution is 0.633. The Kier molecular flexibility index (Phi) is 3.87. The van der Waals surface area contributed by atoms with E-state index >= 15 is 0 Å². The van der Waals surface area contributed by atoms with Crippen molar-refractivity contribution in [3.63, 3.8) is 0 Å². The van der Waals surface area contributed by atoms with E-state index in [1.165, 1.54) is 0 Å². The summed E-state index contributed by atoms with van der Waals surface area (Å²) in [7, 11) is 4.00. The van der Waals surface area contributed by atoms with Gasteiger partial charge in [-0.05, 0) is 13.0 Å². The Morgan fingerprint density at radius 2 is 1.76 bits per heavy atom. The highest BCUT2D eigenvalue weighted by Crippen LogP contribution is 2.22. The lowest BCUT2D eigenvalue weighted by Gasteiger charge is -2.35. The van der Waals surface area contributed by atoms with Gasteiger partial charge < -0.3 is 14.7 Å². The van der Waals surface area contributed by atoms with Gasteiger partial charge in [0.15, 0.2) is 5.82 Å². The monoisotopic (exact) mass is 338 g/mol. The first-order valence-electron chi connectivity index (χ1n) is 8.43. The third-order valence-corrected chi connectivity index (χ3v) is 4.45. The molecular weight excluding hydrogens is 316 g/mol. The molecule has 0 amide bonds. The number of piperazine rings is 1. The van der Waals surface area contributed by atoms with Crippen molar-refractivity contribution < 1.29 is 0 Å². The zero-order valence-corrected chi connectivity index (χ0v) is 14.8. The zero-order valence-electron chi connectivity index (χ0n) is 14.8. The SMILES string of the molecule is Cc1cc(N(C)C)nc(N2CCN(c3nccn4nccc34)CC2)n1. The molecule has 0 unspecified atom stereocenters. The van der Waals surface area contributed by atoms with Crippen LogP contribution in [0.3, 0.4) is 0 Å². The Morgan fingerprint density at radius 1 is 1.00 bits per heavy atom. The van der Waals surface area contributed by atoms with Crippen LogP contribution < -0.4 is 14.7 Å². The maximum Gasteiger partial charge on any atom is 0.227 e. The Balaban J connectivity index is 1.53. The molecule has 0 aromatic carbocycles. The fourth-order valence-electron chi connectivity index (χ4n) is 3.11. The Hall–Kier alpha value is -2.90. The second-order valence-electron chi connectivity index (χ2n) is 6.45. The molecule has 0 radical (unpaired) electrons. The summed E-state index contributed by atoms with van der Waals surface area (Å²) in [5.74, 6) is 2.73. The van der Waals surface area contributed by atoms with Gasteiger partial charge in [0.05, 0.1) is 6.20 Å². The number of aryl methyl sites for hydroxylation is 1. The van der Waals surface area contributed by atoms with Crippen molar-refractivity contribution in [1.82, 2.24) is 24.6 Å². The van der Waals surface area contributed by atoms with Crippen LogP contribution >= 0.6 is 0 Å². The first kappa shape index (κ1) is 15.6. The Labute approximate surface area is 146 Å². The zero-order chi connectivity index (χ0) is 17.4. The molecule has 130 valence electrons. The number of fused-ring (bicyclic) bond motifs is 1. The molecule has 0 N–H and O–H groups in total. The number of aromatic nitrogens is 5. The molecule has 1 fully saturated rings. The van der Waals surface area contributed by atoms with Crippen LogP contribution in [0.4, 0.5) is 17.6 Å². The first-order valence-corrected chi connectivity index (χ1v) is 8.43. The van der Waals surface area contributed by atoms with E-state index in [4.69, 9.17) is 0 Å². The second-order valence-corrected chi connectivity index (χ2v) is 6.45. The third-order valence-electron chi connectivity index (χ3n) is 4.45. The predicted octanol–water partition coefficient (Wildman–Crippen LogP) is 1.22. The van der Waals surface area contributed by atoms with Gasteiger partial charge in [-0.3, -0.25) is 0 Å². The molecule has 8 heteroatoms. The molecule has 4 heterocycles. The molecule has 3 aromatic rings. The molecule has 0 saturated carbocycles. The molecule has 0 aliphatic carbocycles. The van der Waals surface area contributed by atoms with E-state index in [0.29, 0.717) is 0 Å². The van der Waals surface area contributed by atoms with Gasteiger partial charge in [-0.1, -0.05) is 0 Å². The molecule has 0 spiro atoms. The van der Waals surface area contributed by atoms with Gasteiger partial charge in [0.25, 0.3) is 0 Å². The molecule has 1 aliphatic rings. The summed E-state index contributed by atoms with van der Waals surface area (Å²) in [6, 6.07) is 4.01. The van der Waals surface area contributed by atoms with Crippen LogP contribution in [0.15, 0.2) is 30.7 Å². The van der Waals surface area contributed by atoms with Gasteiger partial charge in [-0.25, -0.2) is 14.5 Å². The highest BCUT2D eigenvalue weighted by molar-refractivity contribution is 5.68. The summed E-state index contributed by atoms with van der Waals surface area (Å²) >= 11 is 0. The van der Waals surface area contributed by atoms with Gasteiger partial charge in [-0.15, -0.1) is 0 Å². The minimum atomic E-state index is 0.805. The van der Waals surface area contributed by atoms with E-state index in [0.717, 1.165) is 55.0 Å². The minimum absolute atomic E-state index is 0.805. The summed E-state index contributed by atoms with van der Waals surface area (Å²) in [5.41, 5.74) is 2.03.